The van der Waals surface area contributed by atoms with Crippen LogP contribution >= 0.6 is 0 Å². The first-order chi connectivity index (χ1) is 7.31. The maximum atomic E-state index is 5.59. The van der Waals surface area contributed by atoms with E-state index in [0.29, 0.717) is 19.8 Å². The summed E-state index contributed by atoms with van der Waals surface area (Å²) in [7, 11) is 0. The normalized spacial score (nSPS) is 14.0. The van der Waals surface area contributed by atoms with Gasteiger partial charge < -0.3 is 14.3 Å². The Morgan fingerprint density at radius 3 is 2.93 bits per heavy atom. The Hall–Kier alpha value is -1.26. The third-order valence-corrected chi connectivity index (χ3v) is 2.35. The van der Waals surface area contributed by atoms with Crippen LogP contribution < -0.4 is 15.4 Å². The number of nitrogens with two attached hydrogens (primary N) is 1. The Bertz CT molecular complexity index is 352. The van der Waals surface area contributed by atoms with Crippen LogP contribution in [0.4, 0.5) is 0 Å². The standard InChI is InChI=1S/C11H15NO3/c1-8-6-9(2-3-15-12)11-10(7-8)13-4-5-14-11/h6-7H,2-5,12H2,1H3. The van der Waals surface area contributed by atoms with E-state index in [-0.39, 0.29) is 0 Å². The van der Waals surface area contributed by atoms with Gasteiger partial charge in [0.2, 0.25) is 0 Å². The molecule has 0 spiro atoms. The van der Waals surface area contributed by atoms with Crippen LogP contribution in [0, 0.1) is 6.92 Å². The molecule has 0 saturated carbocycles. The molecule has 0 unspecified atom stereocenters. The zero-order valence-corrected chi connectivity index (χ0v) is 8.79. The number of rotatable bonds is 3. The van der Waals surface area contributed by atoms with Crippen LogP contribution in [-0.4, -0.2) is 19.8 Å². The van der Waals surface area contributed by atoms with Gasteiger partial charge in [-0.2, -0.15) is 0 Å². The van der Waals surface area contributed by atoms with Crippen LogP contribution in [0.1, 0.15) is 11.1 Å². The summed E-state index contributed by atoms with van der Waals surface area (Å²) < 4.78 is 11.1. The van der Waals surface area contributed by atoms with Crippen LogP contribution in [0.3, 0.4) is 0 Å². The Balaban J connectivity index is 2.30. The lowest BCUT2D eigenvalue weighted by Crippen LogP contribution is -2.17. The van der Waals surface area contributed by atoms with Gasteiger partial charge in [-0.3, -0.25) is 0 Å². The number of hydrogen-bond acceptors (Lipinski definition) is 4. The average Bonchev–Trinajstić information content (AvgIpc) is 2.25. The SMILES string of the molecule is Cc1cc(CCON)c2c(c1)OCCO2. The van der Waals surface area contributed by atoms with Gasteiger partial charge in [0.1, 0.15) is 13.2 Å². The molecule has 1 aliphatic rings. The highest BCUT2D eigenvalue weighted by atomic mass is 16.6. The molecule has 15 heavy (non-hydrogen) atoms. The first-order valence-corrected chi connectivity index (χ1v) is 5.02. The zero-order chi connectivity index (χ0) is 10.7. The molecular weight excluding hydrogens is 194 g/mol. The lowest BCUT2D eigenvalue weighted by Gasteiger charge is -2.21. The molecule has 1 aromatic carbocycles. The maximum absolute atomic E-state index is 5.59. The van der Waals surface area contributed by atoms with Crippen LogP contribution in [0.2, 0.25) is 0 Å². The molecule has 1 aromatic rings. The Labute approximate surface area is 88.9 Å². The van der Waals surface area contributed by atoms with Gasteiger partial charge in [-0.05, 0) is 18.6 Å². The summed E-state index contributed by atoms with van der Waals surface area (Å²) >= 11 is 0. The second-order valence-corrected chi connectivity index (χ2v) is 3.57. The highest BCUT2D eigenvalue weighted by Gasteiger charge is 2.16. The molecule has 0 fully saturated rings. The molecule has 0 bridgehead atoms. The maximum Gasteiger partial charge on any atom is 0.164 e. The molecule has 2 rings (SSSR count). The van der Waals surface area contributed by atoms with Crippen molar-refractivity contribution >= 4 is 0 Å². The van der Waals surface area contributed by atoms with Crippen molar-refractivity contribution in [1.82, 2.24) is 0 Å². The molecule has 0 saturated heterocycles. The minimum Gasteiger partial charge on any atom is -0.486 e. The van der Waals surface area contributed by atoms with Crippen molar-refractivity contribution in [3.05, 3.63) is 23.3 Å². The minimum atomic E-state index is 0.485. The smallest absolute Gasteiger partial charge is 0.164 e. The van der Waals surface area contributed by atoms with E-state index in [2.05, 4.69) is 10.9 Å². The molecule has 0 amide bonds. The fraction of sp³-hybridized carbons (Fsp3) is 0.455. The van der Waals surface area contributed by atoms with Crippen molar-refractivity contribution in [3.63, 3.8) is 0 Å². The van der Waals surface area contributed by atoms with E-state index < -0.39 is 0 Å². The second-order valence-electron chi connectivity index (χ2n) is 3.57. The predicted molar refractivity (Wildman–Crippen MR) is 56.0 cm³/mol. The lowest BCUT2D eigenvalue weighted by molar-refractivity contribution is 0.137. The number of fused-ring (bicyclic) bond motifs is 1. The fourth-order valence-corrected chi connectivity index (χ4v) is 1.73. The van der Waals surface area contributed by atoms with Gasteiger partial charge in [-0.25, -0.2) is 5.90 Å². The van der Waals surface area contributed by atoms with Crippen molar-refractivity contribution in [2.45, 2.75) is 13.3 Å². The summed E-state index contributed by atoms with van der Waals surface area (Å²) in [4.78, 5) is 4.58. The Morgan fingerprint density at radius 2 is 2.13 bits per heavy atom. The van der Waals surface area contributed by atoms with Gasteiger partial charge in [-0.1, -0.05) is 6.07 Å². The van der Waals surface area contributed by atoms with Crippen LogP contribution in [0.5, 0.6) is 11.5 Å². The lowest BCUT2D eigenvalue weighted by atomic mass is 10.1. The highest BCUT2D eigenvalue weighted by molar-refractivity contribution is 5.50. The molecular formula is C11H15NO3. The van der Waals surface area contributed by atoms with Gasteiger partial charge >= 0.3 is 0 Å². The third-order valence-electron chi connectivity index (χ3n) is 2.35. The summed E-state index contributed by atoms with van der Waals surface area (Å²) in [6.45, 7) is 3.74. The number of hydrogen-bond donors (Lipinski definition) is 1. The molecule has 4 nitrogen and oxygen atoms in total. The minimum absolute atomic E-state index is 0.485. The monoisotopic (exact) mass is 209 g/mol. The van der Waals surface area contributed by atoms with E-state index in [1.54, 1.807) is 0 Å². The van der Waals surface area contributed by atoms with Gasteiger partial charge in [0, 0.05) is 12.0 Å². The molecule has 1 aliphatic heterocycles. The van der Waals surface area contributed by atoms with Crippen molar-refractivity contribution in [1.29, 1.82) is 0 Å². The summed E-state index contributed by atoms with van der Waals surface area (Å²) in [6.07, 6.45) is 0.740. The second kappa shape index (κ2) is 4.51. The van der Waals surface area contributed by atoms with Crippen LogP contribution in [-0.2, 0) is 11.3 Å². The van der Waals surface area contributed by atoms with Crippen LogP contribution in [0.15, 0.2) is 12.1 Å². The van der Waals surface area contributed by atoms with E-state index >= 15 is 0 Å². The average molecular weight is 209 g/mol. The van der Waals surface area contributed by atoms with Crippen molar-refractivity contribution in [2.75, 3.05) is 19.8 Å². The van der Waals surface area contributed by atoms with E-state index in [9.17, 15) is 0 Å². The summed E-state index contributed by atoms with van der Waals surface area (Å²) in [5.41, 5.74) is 2.25. The van der Waals surface area contributed by atoms with E-state index in [0.717, 1.165) is 29.0 Å². The molecule has 0 atom stereocenters. The van der Waals surface area contributed by atoms with E-state index in [1.165, 1.54) is 0 Å². The highest BCUT2D eigenvalue weighted by Crippen LogP contribution is 2.35. The molecule has 0 radical (unpaired) electrons. The van der Waals surface area contributed by atoms with Crippen molar-refractivity contribution in [3.8, 4) is 11.5 Å². The Morgan fingerprint density at radius 1 is 1.33 bits per heavy atom. The summed E-state index contributed by atoms with van der Waals surface area (Å²) in [6, 6.07) is 4.06. The molecule has 1 heterocycles. The van der Waals surface area contributed by atoms with Crippen molar-refractivity contribution < 1.29 is 14.3 Å². The molecule has 2 N–H and O–H groups in total. The number of benzene rings is 1. The van der Waals surface area contributed by atoms with Gasteiger partial charge in [0.15, 0.2) is 11.5 Å². The first kappa shape index (κ1) is 10.3. The van der Waals surface area contributed by atoms with Gasteiger partial charge in [0.25, 0.3) is 0 Å². The molecule has 0 aromatic heterocycles. The van der Waals surface area contributed by atoms with Gasteiger partial charge in [-0.15, -0.1) is 0 Å². The Kier molecular flexibility index (Phi) is 3.08. The molecule has 4 heteroatoms. The third kappa shape index (κ3) is 2.22. The van der Waals surface area contributed by atoms with Crippen LogP contribution in [0.25, 0.3) is 0 Å². The molecule has 82 valence electrons. The quantitative estimate of drug-likeness (QED) is 0.760. The fourth-order valence-electron chi connectivity index (χ4n) is 1.73. The first-order valence-electron chi connectivity index (χ1n) is 5.02. The summed E-state index contributed by atoms with van der Waals surface area (Å²) in [5, 5.41) is 0. The molecule has 0 aliphatic carbocycles. The number of aryl methyl sites for hydroxylation is 1. The van der Waals surface area contributed by atoms with Gasteiger partial charge in [0.05, 0.1) is 6.61 Å². The topological polar surface area (TPSA) is 53.7 Å². The predicted octanol–water partition coefficient (Wildman–Crippen LogP) is 1.20. The zero-order valence-electron chi connectivity index (χ0n) is 8.79. The van der Waals surface area contributed by atoms with E-state index in [1.807, 2.05) is 13.0 Å². The van der Waals surface area contributed by atoms with E-state index in [4.69, 9.17) is 15.4 Å². The number of ether oxygens (including phenoxy) is 2. The van der Waals surface area contributed by atoms with Crippen molar-refractivity contribution in [2.24, 2.45) is 5.90 Å². The largest absolute Gasteiger partial charge is 0.486 e. The summed E-state index contributed by atoms with van der Waals surface area (Å²) in [5.74, 6) is 6.68.